The highest BCUT2D eigenvalue weighted by Gasteiger charge is 2.36. The van der Waals surface area contributed by atoms with Gasteiger partial charge in [0.05, 0.1) is 18.7 Å². The zero-order chi connectivity index (χ0) is 19.6. The molecule has 7 nitrogen and oxygen atoms in total. The van der Waals surface area contributed by atoms with Crippen molar-refractivity contribution >= 4 is 12.1 Å². The molecule has 2 unspecified atom stereocenters. The zero-order valence-corrected chi connectivity index (χ0v) is 16.6. The van der Waals surface area contributed by atoms with Crippen molar-refractivity contribution < 1.29 is 14.6 Å². The van der Waals surface area contributed by atoms with Gasteiger partial charge in [-0.25, -0.2) is 4.79 Å². The fourth-order valence-corrected chi connectivity index (χ4v) is 3.32. The molecule has 1 amide bonds. The Morgan fingerprint density at radius 1 is 1.33 bits per heavy atom. The summed E-state index contributed by atoms with van der Waals surface area (Å²) in [6, 6.07) is 8.04. The Morgan fingerprint density at radius 3 is 2.70 bits per heavy atom. The van der Waals surface area contributed by atoms with Crippen LogP contribution in [0.1, 0.15) is 38.0 Å². The smallest absolute Gasteiger partial charge is 0.410 e. The van der Waals surface area contributed by atoms with Gasteiger partial charge in [-0.1, -0.05) is 29.8 Å². The van der Waals surface area contributed by atoms with E-state index in [0.717, 1.165) is 11.5 Å². The molecular formula is C20H30N4O3. The Bertz CT molecular complexity index is 696. The van der Waals surface area contributed by atoms with Gasteiger partial charge in [0, 0.05) is 26.2 Å². The summed E-state index contributed by atoms with van der Waals surface area (Å²) in [5.41, 5.74) is 1.57. The number of amides is 1. The van der Waals surface area contributed by atoms with Crippen molar-refractivity contribution in [3.63, 3.8) is 0 Å². The normalized spacial score (nSPS) is 20.8. The molecule has 1 saturated heterocycles. The first kappa shape index (κ1) is 19.5. The third kappa shape index (κ3) is 4.91. The topological polar surface area (TPSA) is 77.4 Å². The molecule has 0 aliphatic carbocycles. The molecule has 0 radical (unpaired) electrons. The number of carbonyl (C=O) groups excluding carboxylic acids is 1. The first-order chi connectivity index (χ1) is 12.7. The van der Waals surface area contributed by atoms with E-state index in [1.807, 2.05) is 52.0 Å². The van der Waals surface area contributed by atoms with Gasteiger partial charge in [0.25, 0.3) is 0 Å². The van der Waals surface area contributed by atoms with E-state index in [1.54, 1.807) is 4.90 Å². The van der Waals surface area contributed by atoms with Crippen LogP contribution in [0.2, 0.25) is 0 Å². The second-order valence-electron chi connectivity index (χ2n) is 8.25. The van der Waals surface area contributed by atoms with Crippen molar-refractivity contribution in [2.75, 3.05) is 32.7 Å². The summed E-state index contributed by atoms with van der Waals surface area (Å²) >= 11 is 0. The number of hydrogen-bond donors (Lipinski definition) is 2. The van der Waals surface area contributed by atoms with Gasteiger partial charge in [-0.15, -0.1) is 0 Å². The van der Waals surface area contributed by atoms with Crippen LogP contribution in [0.4, 0.5) is 4.79 Å². The lowest BCUT2D eigenvalue weighted by Crippen LogP contribution is -2.57. The van der Waals surface area contributed by atoms with Crippen LogP contribution >= 0.6 is 0 Å². The van der Waals surface area contributed by atoms with Gasteiger partial charge in [0.1, 0.15) is 5.60 Å². The average molecular weight is 374 g/mol. The predicted octanol–water partition coefficient (Wildman–Crippen LogP) is 1.91. The van der Waals surface area contributed by atoms with E-state index in [0.29, 0.717) is 32.7 Å². The maximum absolute atomic E-state index is 12.3. The first-order valence-corrected chi connectivity index (χ1v) is 9.50. The van der Waals surface area contributed by atoms with E-state index in [9.17, 15) is 9.90 Å². The van der Waals surface area contributed by atoms with Crippen molar-refractivity contribution in [1.29, 1.82) is 0 Å². The minimum absolute atomic E-state index is 0.158. The number of hydrogen-bond acceptors (Lipinski definition) is 6. The third-order valence-electron chi connectivity index (χ3n) is 4.77. The number of nitrogens with zero attached hydrogens (tertiary/aromatic N) is 3. The number of aliphatic hydroxyl groups excluding tert-OH is 1. The van der Waals surface area contributed by atoms with Crippen molar-refractivity contribution in [3.05, 3.63) is 35.4 Å². The molecule has 1 aromatic rings. The minimum Gasteiger partial charge on any atom is -0.444 e. The van der Waals surface area contributed by atoms with E-state index in [1.165, 1.54) is 5.56 Å². The Labute approximate surface area is 161 Å². The van der Waals surface area contributed by atoms with E-state index in [4.69, 9.17) is 4.74 Å². The predicted molar refractivity (Wildman–Crippen MR) is 105 cm³/mol. The monoisotopic (exact) mass is 374 g/mol. The number of aliphatic hydroxyl groups is 1. The van der Waals surface area contributed by atoms with Gasteiger partial charge in [0.15, 0.2) is 5.96 Å². The lowest BCUT2D eigenvalue weighted by molar-refractivity contribution is 0.0137. The summed E-state index contributed by atoms with van der Waals surface area (Å²) in [6.07, 6.45) is -0.853. The summed E-state index contributed by atoms with van der Waals surface area (Å²) in [7, 11) is 0. The number of rotatable bonds is 3. The van der Waals surface area contributed by atoms with Crippen LogP contribution in [-0.4, -0.2) is 71.3 Å². The summed E-state index contributed by atoms with van der Waals surface area (Å²) in [6.45, 7) is 10.6. The average Bonchev–Trinajstić information content (AvgIpc) is 3.01. The molecule has 1 aromatic carbocycles. The standard InChI is InChI=1S/C20H30N4O3/c1-14-5-7-15(8-6-14)17(25)12-22-18-21-11-16-13-23(9-10-24(16)18)19(26)27-20(2,3)4/h5-8,16-17,25H,9-13H2,1-4H3,(H,21,22). The van der Waals surface area contributed by atoms with Gasteiger partial charge in [-0.2, -0.15) is 0 Å². The van der Waals surface area contributed by atoms with Crippen LogP contribution in [0.3, 0.4) is 0 Å². The number of fused-ring (bicyclic) bond motifs is 1. The molecule has 27 heavy (non-hydrogen) atoms. The minimum atomic E-state index is -0.588. The molecule has 2 N–H and O–H groups in total. The maximum Gasteiger partial charge on any atom is 0.410 e. The molecule has 2 aliphatic heterocycles. The molecule has 0 bridgehead atoms. The Morgan fingerprint density at radius 2 is 2.04 bits per heavy atom. The highest BCUT2D eigenvalue weighted by Crippen LogP contribution is 2.19. The number of guanidine groups is 1. The van der Waals surface area contributed by atoms with Crippen molar-refractivity contribution in [2.24, 2.45) is 4.99 Å². The van der Waals surface area contributed by atoms with E-state index in [2.05, 4.69) is 15.2 Å². The summed E-state index contributed by atoms with van der Waals surface area (Å²) in [5.74, 6) is 0.801. The quantitative estimate of drug-likeness (QED) is 0.845. The van der Waals surface area contributed by atoms with Crippen LogP contribution in [0.5, 0.6) is 0 Å². The fourth-order valence-electron chi connectivity index (χ4n) is 3.32. The zero-order valence-electron chi connectivity index (χ0n) is 16.6. The van der Waals surface area contributed by atoms with Crippen LogP contribution in [-0.2, 0) is 4.74 Å². The molecule has 148 valence electrons. The highest BCUT2D eigenvalue weighted by molar-refractivity contribution is 5.82. The lowest BCUT2D eigenvalue weighted by Gasteiger charge is -2.39. The number of carbonyl (C=O) groups is 1. The number of aryl methyl sites for hydroxylation is 1. The molecular weight excluding hydrogens is 344 g/mol. The van der Waals surface area contributed by atoms with Crippen LogP contribution < -0.4 is 5.32 Å². The van der Waals surface area contributed by atoms with Gasteiger partial charge in [-0.3, -0.25) is 4.99 Å². The molecule has 2 heterocycles. The van der Waals surface area contributed by atoms with Crippen LogP contribution in [0.15, 0.2) is 29.3 Å². The molecule has 0 aromatic heterocycles. The van der Waals surface area contributed by atoms with E-state index >= 15 is 0 Å². The lowest BCUT2D eigenvalue weighted by atomic mass is 10.1. The molecule has 3 rings (SSSR count). The SMILES string of the molecule is Cc1ccc(C(O)CNC2=NCC3CN(C(=O)OC(C)(C)C)CCN23)cc1. The molecule has 7 heteroatoms. The molecule has 2 atom stereocenters. The Kier molecular flexibility index (Phi) is 5.60. The summed E-state index contributed by atoms with van der Waals surface area (Å²) < 4.78 is 5.47. The second-order valence-corrected chi connectivity index (χ2v) is 8.25. The molecule has 0 saturated carbocycles. The molecule has 0 spiro atoms. The Hall–Kier alpha value is -2.28. The van der Waals surface area contributed by atoms with Crippen molar-refractivity contribution in [1.82, 2.24) is 15.1 Å². The fraction of sp³-hybridized carbons (Fsp3) is 0.600. The van der Waals surface area contributed by atoms with Crippen LogP contribution in [0.25, 0.3) is 0 Å². The molecule has 2 aliphatic rings. The van der Waals surface area contributed by atoms with E-state index in [-0.39, 0.29) is 12.1 Å². The van der Waals surface area contributed by atoms with Crippen molar-refractivity contribution in [2.45, 2.75) is 45.4 Å². The number of nitrogens with one attached hydrogen (secondary N) is 1. The van der Waals surface area contributed by atoms with E-state index < -0.39 is 11.7 Å². The number of piperazine rings is 1. The first-order valence-electron chi connectivity index (χ1n) is 9.50. The summed E-state index contributed by atoms with van der Waals surface area (Å²) in [5, 5.41) is 13.7. The maximum atomic E-state index is 12.3. The number of aliphatic imine (C=N–C) groups is 1. The number of benzene rings is 1. The molecule has 1 fully saturated rings. The van der Waals surface area contributed by atoms with Crippen molar-refractivity contribution in [3.8, 4) is 0 Å². The Balaban J connectivity index is 1.50. The van der Waals surface area contributed by atoms with Gasteiger partial charge in [0.2, 0.25) is 0 Å². The van der Waals surface area contributed by atoms with Gasteiger partial charge >= 0.3 is 6.09 Å². The summed E-state index contributed by atoms with van der Waals surface area (Å²) in [4.78, 5) is 20.8. The van der Waals surface area contributed by atoms with Gasteiger partial charge < -0.3 is 25.0 Å². The highest BCUT2D eigenvalue weighted by atomic mass is 16.6. The second kappa shape index (κ2) is 7.76. The largest absolute Gasteiger partial charge is 0.444 e. The third-order valence-corrected chi connectivity index (χ3v) is 4.77. The van der Waals surface area contributed by atoms with Gasteiger partial charge in [-0.05, 0) is 33.3 Å². The number of ether oxygens (including phenoxy) is 1. The van der Waals surface area contributed by atoms with Crippen LogP contribution in [0, 0.1) is 6.92 Å².